The minimum absolute atomic E-state index is 0.0342. The van der Waals surface area contributed by atoms with Crippen molar-refractivity contribution in [3.63, 3.8) is 0 Å². The van der Waals surface area contributed by atoms with Gasteiger partial charge in [0, 0.05) is 12.5 Å². The first-order valence-electron chi connectivity index (χ1n) is 11.0. The summed E-state index contributed by atoms with van der Waals surface area (Å²) in [6.45, 7) is 2.18. The second-order valence-electron chi connectivity index (χ2n) is 8.53. The summed E-state index contributed by atoms with van der Waals surface area (Å²) in [4.78, 5) is 40.5. The summed E-state index contributed by atoms with van der Waals surface area (Å²) in [7, 11) is 0. The lowest BCUT2D eigenvalue weighted by atomic mass is 9.98. The molecule has 2 aliphatic carbocycles. The predicted molar refractivity (Wildman–Crippen MR) is 127 cm³/mol. The van der Waals surface area contributed by atoms with Crippen LogP contribution in [0.4, 0.5) is 9.93 Å². The molecule has 0 bridgehead atoms. The van der Waals surface area contributed by atoms with Gasteiger partial charge in [-0.05, 0) is 41.5 Å². The Morgan fingerprint density at radius 2 is 1.74 bits per heavy atom. The van der Waals surface area contributed by atoms with E-state index in [0.717, 1.165) is 33.6 Å². The fourth-order valence-electron chi connectivity index (χ4n) is 4.46. The lowest BCUT2D eigenvalue weighted by Gasteiger charge is -2.14. The van der Waals surface area contributed by atoms with Crippen LogP contribution in [0.1, 0.15) is 38.8 Å². The van der Waals surface area contributed by atoms with Crippen molar-refractivity contribution in [1.29, 1.82) is 0 Å². The number of benzene rings is 2. The van der Waals surface area contributed by atoms with Crippen LogP contribution < -0.4 is 10.6 Å². The number of amides is 2. The first kappa shape index (κ1) is 22.1. The number of hydrogen-bond donors (Lipinski definition) is 3. The third-order valence-electron chi connectivity index (χ3n) is 6.32. The minimum Gasteiger partial charge on any atom is -0.481 e. The molecular formula is C25H23N3O5S. The minimum atomic E-state index is -0.831. The van der Waals surface area contributed by atoms with Gasteiger partial charge in [0.15, 0.2) is 5.13 Å². The van der Waals surface area contributed by atoms with Gasteiger partial charge in [0.2, 0.25) is 0 Å². The van der Waals surface area contributed by atoms with Gasteiger partial charge in [-0.25, -0.2) is 9.78 Å². The molecule has 2 unspecified atom stereocenters. The quantitative estimate of drug-likeness (QED) is 0.468. The fourth-order valence-corrected chi connectivity index (χ4v) is 5.33. The van der Waals surface area contributed by atoms with Crippen LogP contribution in [-0.4, -0.2) is 41.2 Å². The van der Waals surface area contributed by atoms with Crippen LogP contribution in [-0.2, 0) is 9.53 Å². The molecule has 0 saturated heterocycles. The summed E-state index contributed by atoms with van der Waals surface area (Å²) in [5.74, 6) is -1.62. The molecular weight excluding hydrogens is 454 g/mol. The van der Waals surface area contributed by atoms with E-state index in [2.05, 4.69) is 39.9 Å². The Kier molecular flexibility index (Phi) is 5.79. The number of ether oxygens (including phenoxy) is 1. The van der Waals surface area contributed by atoms with Crippen LogP contribution in [0.5, 0.6) is 0 Å². The second kappa shape index (κ2) is 8.90. The van der Waals surface area contributed by atoms with E-state index in [-0.39, 0.29) is 35.4 Å². The molecule has 3 aromatic rings. The van der Waals surface area contributed by atoms with Crippen molar-refractivity contribution in [3.8, 4) is 11.1 Å². The molecule has 1 aromatic heterocycles. The molecule has 1 saturated carbocycles. The Balaban J connectivity index is 1.18. The van der Waals surface area contributed by atoms with Crippen LogP contribution in [0.2, 0.25) is 0 Å². The predicted octanol–water partition coefficient (Wildman–Crippen LogP) is 4.26. The molecule has 5 rings (SSSR count). The molecule has 1 heterocycles. The van der Waals surface area contributed by atoms with Gasteiger partial charge in [0.25, 0.3) is 5.91 Å². The molecule has 8 nitrogen and oxygen atoms in total. The normalized spacial score (nSPS) is 18.0. The molecule has 1 fully saturated rings. The maximum Gasteiger partial charge on any atom is 0.413 e. The Labute approximate surface area is 200 Å². The highest BCUT2D eigenvalue weighted by atomic mass is 32.1. The van der Waals surface area contributed by atoms with E-state index in [4.69, 9.17) is 9.84 Å². The zero-order valence-corrected chi connectivity index (χ0v) is 19.2. The van der Waals surface area contributed by atoms with Crippen molar-refractivity contribution in [2.75, 3.05) is 18.5 Å². The molecule has 0 aliphatic heterocycles. The summed E-state index contributed by atoms with van der Waals surface area (Å²) in [5.41, 5.74) is 5.04. The zero-order valence-electron chi connectivity index (χ0n) is 18.4. The van der Waals surface area contributed by atoms with Gasteiger partial charge in [0.05, 0.1) is 11.6 Å². The summed E-state index contributed by atoms with van der Waals surface area (Å²) in [6.07, 6.45) is -0.0591. The summed E-state index contributed by atoms with van der Waals surface area (Å²) >= 11 is 1.06. The molecule has 3 N–H and O–H groups in total. The molecule has 2 atom stereocenters. The largest absolute Gasteiger partial charge is 0.481 e. The summed E-state index contributed by atoms with van der Waals surface area (Å²) in [6, 6.07) is 16.2. The van der Waals surface area contributed by atoms with Crippen molar-refractivity contribution < 1.29 is 24.2 Å². The van der Waals surface area contributed by atoms with Crippen LogP contribution in [0.25, 0.3) is 11.1 Å². The number of carbonyl (C=O) groups is 3. The first-order valence-corrected chi connectivity index (χ1v) is 11.8. The SMILES string of the molecule is Cc1nc(NC(=O)OCC2c3ccccc3-c3ccccc32)sc1C(=O)NCC1CC1C(=O)O. The number of carbonyl (C=O) groups excluding carboxylic acids is 2. The van der Waals surface area contributed by atoms with Crippen molar-refractivity contribution in [2.24, 2.45) is 11.8 Å². The Hall–Kier alpha value is -3.72. The highest BCUT2D eigenvalue weighted by molar-refractivity contribution is 7.17. The van der Waals surface area contributed by atoms with E-state index in [1.807, 2.05) is 24.3 Å². The Morgan fingerprint density at radius 3 is 2.35 bits per heavy atom. The maximum absolute atomic E-state index is 12.5. The van der Waals surface area contributed by atoms with Gasteiger partial charge in [-0.1, -0.05) is 59.9 Å². The van der Waals surface area contributed by atoms with E-state index in [9.17, 15) is 14.4 Å². The van der Waals surface area contributed by atoms with Crippen LogP contribution in [0.3, 0.4) is 0 Å². The fraction of sp³-hybridized carbons (Fsp3) is 0.280. The number of carboxylic acids is 1. The zero-order chi connectivity index (χ0) is 23.8. The van der Waals surface area contributed by atoms with Crippen molar-refractivity contribution in [2.45, 2.75) is 19.3 Å². The second-order valence-corrected chi connectivity index (χ2v) is 9.53. The molecule has 174 valence electrons. The molecule has 34 heavy (non-hydrogen) atoms. The number of hydrogen-bond acceptors (Lipinski definition) is 6. The third kappa shape index (κ3) is 4.26. The highest BCUT2D eigenvalue weighted by Crippen LogP contribution is 2.44. The molecule has 9 heteroatoms. The van der Waals surface area contributed by atoms with Gasteiger partial charge in [-0.15, -0.1) is 0 Å². The number of anilines is 1. The topological polar surface area (TPSA) is 118 Å². The number of rotatable bonds is 7. The molecule has 0 radical (unpaired) electrons. The van der Waals surface area contributed by atoms with Crippen LogP contribution >= 0.6 is 11.3 Å². The molecule has 2 aliphatic rings. The first-order chi connectivity index (χ1) is 16.4. The maximum atomic E-state index is 12.5. The monoisotopic (exact) mass is 477 g/mol. The number of carboxylic acid groups (broad SMARTS) is 1. The van der Waals surface area contributed by atoms with Crippen molar-refractivity contribution >= 4 is 34.4 Å². The van der Waals surface area contributed by atoms with E-state index >= 15 is 0 Å². The van der Waals surface area contributed by atoms with Gasteiger partial charge < -0.3 is 15.2 Å². The smallest absolute Gasteiger partial charge is 0.413 e. The van der Waals surface area contributed by atoms with E-state index in [1.54, 1.807) is 6.92 Å². The van der Waals surface area contributed by atoms with E-state index < -0.39 is 12.1 Å². The number of aliphatic carboxylic acids is 1. The standard InChI is InChI=1S/C25H23N3O5S/c1-13-21(22(29)26-11-14-10-19(14)23(30)31)34-24(27-13)28-25(32)33-12-20-17-8-4-2-6-15(17)16-7-3-5-9-18(16)20/h2-9,14,19-20H,10-12H2,1H3,(H,26,29)(H,30,31)(H,27,28,32). The average molecular weight is 478 g/mol. The Bertz CT molecular complexity index is 1240. The Morgan fingerprint density at radius 1 is 1.09 bits per heavy atom. The van der Waals surface area contributed by atoms with Crippen LogP contribution in [0, 0.1) is 18.8 Å². The molecule has 0 spiro atoms. The van der Waals surface area contributed by atoms with E-state index in [1.165, 1.54) is 0 Å². The molecule has 2 amide bonds. The van der Waals surface area contributed by atoms with Crippen molar-refractivity contribution in [1.82, 2.24) is 10.3 Å². The summed E-state index contributed by atoms with van der Waals surface area (Å²) in [5, 5.41) is 14.6. The van der Waals surface area contributed by atoms with Gasteiger partial charge in [0.1, 0.15) is 11.5 Å². The van der Waals surface area contributed by atoms with Gasteiger partial charge >= 0.3 is 12.1 Å². The van der Waals surface area contributed by atoms with Crippen LogP contribution in [0.15, 0.2) is 48.5 Å². The highest BCUT2D eigenvalue weighted by Gasteiger charge is 2.43. The number of aryl methyl sites for hydroxylation is 1. The number of thiazole rings is 1. The summed E-state index contributed by atoms with van der Waals surface area (Å²) < 4.78 is 5.54. The number of fused-ring (bicyclic) bond motifs is 3. The lowest BCUT2D eigenvalue weighted by Crippen LogP contribution is -2.26. The lowest BCUT2D eigenvalue weighted by molar-refractivity contribution is -0.138. The van der Waals surface area contributed by atoms with Gasteiger partial charge in [-0.2, -0.15) is 0 Å². The molecule has 2 aromatic carbocycles. The average Bonchev–Trinajstić information content (AvgIpc) is 3.43. The number of nitrogens with zero attached hydrogens (tertiary/aromatic N) is 1. The number of aromatic nitrogens is 1. The third-order valence-corrected chi connectivity index (χ3v) is 7.39. The number of nitrogens with one attached hydrogen (secondary N) is 2. The van der Waals surface area contributed by atoms with Crippen molar-refractivity contribution in [3.05, 3.63) is 70.2 Å². The van der Waals surface area contributed by atoms with E-state index in [0.29, 0.717) is 23.5 Å². The van der Waals surface area contributed by atoms with Gasteiger partial charge in [-0.3, -0.25) is 14.9 Å².